The van der Waals surface area contributed by atoms with E-state index in [1.54, 1.807) is 11.8 Å². The first-order chi connectivity index (χ1) is 8.70. The molecule has 0 aliphatic rings. The van der Waals surface area contributed by atoms with Crippen LogP contribution in [-0.2, 0) is 11.8 Å². The second-order valence-corrected chi connectivity index (χ2v) is 4.22. The largest absolute Gasteiger partial charge is 0.385 e. The van der Waals surface area contributed by atoms with Crippen molar-refractivity contribution in [2.75, 3.05) is 25.6 Å². The van der Waals surface area contributed by atoms with Gasteiger partial charge in [0.15, 0.2) is 0 Å². The average molecular weight is 249 g/mol. The Morgan fingerprint density at radius 1 is 1.39 bits per heavy atom. The van der Waals surface area contributed by atoms with Gasteiger partial charge in [-0.15, -0.1) is 0 Å². The first-order valence-electron chi connectivity index (χ1n) is 5.98. The summed E-state index contributed by atoms with van der Waals surface area (Å²) in [4.78, 5) is 4.47. The van der Waals surface area contributed by atoms with E-state index in [0.29, 0.717) is 0 Å². The van der Waals surface area contributed by atoms with E-state index in [-0.39, 0.29) is 0 Å². The van der Waals surface area contributed by atoms with Crippen molar-refractivity contribution in [2.24, 2.45) is 7.05 Å². The van der Waals surface area contributed by atoms with Crippen molar-refractivity contribution < 1.29 is 4.74 Å². The SMILES string of the molecule is COCCCNc1nc(C)cn1-c1cnn(C)c1. The molecule has 0 aromatic carbocycles. The van der Waals surface area contributed by atoms with Crippen molar-refractivity contribution in [1.82, 2.24) is 19.3 Å². The molecule has 18 heavy (non-hydrogen) atoms. The molecule has 0 bridgehead atoms. The van der Waals surface area contributed by atoms with Crippen LogP contribution in [0.4, 0.5) is 5.95 Å². The van der Waals surface area contributed by atoms with Gasteiger partial charge in [-0.2, -0.15) is 5.10 Å². The molecule has 2 aromatic rings. The number of hydrogen-bond donors (Lipinski definition) is 1. The fourth-order valence-electron chi connectivity index (χ4n) is 1.77. The molecule has 0 aliphatic carbocycles. The predicted octanol–water partition coefficient (Wildman–Crippen LogP) is 1.36. The maximum absolute atomic E-state index is 5.02. The number of imidazole rings is 1. The fraction of sp³-hybridized carbons (Fsp3) is 0.500. The van der Waals surface area contributed by atoms with Crippen LogP contribution in [0.2, 0.25) is 0 Å². The van der Waals surface area contributed by atoms with Gasteiger partial charge in [0.05, 0.1) is 17.6 Å². The van der Waals surface area contributed by atoms with Crippen molar-refractivity contribution in [3.8, 4) is 5.69 Å². The third-order valence-corrected chi connectivity index (χ3v) is 2.60. The van der Waals surface area contributed by atoms with Crippen LogP contribution in [0.1, 0.15) is 12.1 Å². The highest BCUT2D eigenvalue weighted by atomic mass is 16.5. The Hall–Kier alpha value is -1.82. The minimum atomic E-state index is 0.750. The molecular weight excluding hydrogens is 230 g/mol. The number of anilines is 1. The van der Waals surface area contributed by atoms with E-state index < -0.39 is 0 Å². The summed E-state index contributed by atoms with van der Waals surface area (Å²) in [7, 11) is 3.61. The van der Waals surface area contributed by atoms with Crippen LogP contribution in [0, 0.1) is 6.92 Å². The lowest BCUT2D eigenvalue weighted by Gasteiger charge is -2.07. The summed E-state index contributed by atoms with van der Waals surface area (Å²) in [5, 5.41) is 7.48. The summed E-state index contributed by atoms with van der Waals surface area (Å²) in [6, 6.07) is 0. The zero-order chi connectivity index (χ0) is 13.0. The van der Waals surface area contributed by atoms with E-state index in [0.717, 1.165) is 36.9 Å². The molecule has 0 radical (unpaired) electrons. The van der Waals surface area contributed by atoms with Gasteiger partial charge >= 0.3 is 0 Å². The normalized spacial score (nSPS) is 10.8. The third-order valence-electron chi connectivity index (χ3n) is 2.60. The Labute approximate surface area is 107 Å². The van der Waals surface area contributed by atoms with E-state index in [4.69, 9.17) is 4.74 Å². The molecule has 6 nitrogen and oxygen atoms in total. The molecule has 0 aliphatic heterocycles. The van der Waals surface area contributed by atoms with Crippen LogP contribution in [-0.4, -0.2) is 39.6 Å². The highest BCUT2D eigenvalue weighted by Gasteiger charge is 2.08. The quantitative estimate of drug-likeness (QED) is 0.785. The molecule has 0 atom stereocenters. The molecule has 2 aromatic heterocycles. The van der Waals surface area contributed by atoms with Gasteiger partial charge in [0, 0.05) is 39.7 Å². The second-order valence-electron chi connectivity index (χ2n) is 4.22. The second kappa shape index (κ2) is 5.68. The number of ether oxygens (including phenoxy) is 1. The fourth-order valence-corrected chi connectivity index (χ4v) is 1.77. The number of hydrogen-bond acceptors (Lipinski definition) is 4. The lowest BCUT2D eigenvalue weighted by Crippen LogP contribution is -2.09. The van der Waals surface area contributed by atoms with Gasteiger partial charge in [0.1, 0.15) is 0 Å². The monoisotopic (exact) mass is 249 g/mol. The van der Waals surface area contributed by atoms with Gasteiger partial charge < -0.3 is 10.1 Å². The van der Waals surface area contributed by atoms with Gasteiger partial charge in [0.25, 0.3) is 0 Å². The number of aryl methyl sites for hydroxylation is 2. The van der Waals surface area contributed by atoms with Crippen molar-refractivity contribution in [3.05, 3.63) is 24.3 Å². The minimum absolute atomic E-state index is 0.750. The van der Waals surface area contributed by atoms with Crippen LogP contribution in [0.25, 0.3) is 5.69 Å². The average Bonchev–Trinajstić information content (AvgIpc) is 2.91. The molecular formula is C12H19N5O. The van der Waals surface area contributed by atoms with Crippen molar-refractivity contribution in [2.45, 2.75) is 13.3 Å². The van der Waals surface area contributed by atoms with E-state index in [1.807, 2.05) is 37.1 Å². The van der Waals surface area contributed by atoms with Crippen LogP contribution in [0.5, 0.6) is 0 Å². The van der Waals surface area contributed by atoms with Crippen LogP contribution < -0.4 is 5.32 Å². The summed E-state index contributed by atoms with van der Waals surface area (Å²) in [5.41, 5.74) is 1.99. The Kier molecular flexibility index (Phi) is 3.99. The molecule has 0 fully saturated rings. The highest BCUT2D eigenvalue weighted by molar-refractivity contribution is 5.40. The minimum Gasteiger partial charge on any atom is -0.385 e. The molecule has 2 rings (SSSR count). The van der Waals surface area contributed by atoms with Crippen LogP contribution in [0.15, 0.2) is 18.6 Å². The number of aromatic nitrogens is 4. The lowest BCUT2D eigenvalue weighted by molar-refractivity contribution is 0.197. The lowest BCUT2D eigenvalue weighted by atomic mass is 10.4. The van der Waals surface area contributed by atoms with Crippen molar-refractivity contribution in [3.63, 3.8) is 0 Å². The van der Waals surface area contributed by atoms with Crippen LogP contribution >= 0.6 is 0 Å². The molecule has 98 valence electrons. The van der Waals surface area contributed by atoms with Crippen molar-refractivity contribution >= 4 is 5.95 Å². The van der Waals surface area contributed by atoms with E-state index in [1.165, 1.54) is 0 Å². The topological polar surface area (TPSA) is 56.9 Å². The summed E-state index contributed by atoms with van der Waals surface area (Å²) < 4.78 is 8.81. The maximum atomic E-state index is 5.02. The third kappa shape index (κ3) is 2.89. The zero-order valence-corrected chi connectivity index (χ0v) is 11.1. The molecule has 0 spiro atoms. The Morgan fingerprint density at radius 3 is 2.89 bits per heavy atom. The number of nitrogens with one attached hydrogen (secondary N) is 1. The first-order valence-corrected chi connectivity index (χ1v) is 5.98. The van der Waals surface area contributed by atoms with E-state index in [9.17, 15) is 0 Å². The smallest absolute Gasteiger partial charge is 0.207 e. The predicted molar refractivity (Wildman–Crippen MR) is 70.0 cm³/mol. The Balaban J connectivity index is 2.10. The summed E-state index contributed by atoms with van der Waals surface area (Å²) in [6.07, 6.45) is 6.73. The van der Waals surface area contributed by atoms with E-state index >= 15 is 0 Å². The van der Waals surface area contributed by atoms with Gasteiger partial charge in [-0.25, -0.2) is 4.98 Å². The van der Waals surface area contributed by atoms with E-state index in [2.05, 4.69) is 15.4 Å². The maximum Gasteiger partial charge on any atom is 0.207 e. The molecule has 1 N–H and O–H groups in total. The molecule has 0 saturated carbocycles. The zero-order valence-electron chi connectivity index (χ0n) is 11.1. The van der Waals surface area contributed by atoms with Gasteiger partial charge in [-0.05, 0) is 13.3 Å². The Morgan fingerprint density at radius 2 is 2.22 bits per heavy atom. The number of nitrogens with zero attached hydrogens (tertiary/aromatic N) is 4. The first kappa shape index (κ1) is 12.6. The van der Waals surface area contributed by atoms with Gasteiger partial charge in [-0.1, -0.05) is 0 Å². The van der Waals surface area contributed by atoms with Crippen molar-refractivity contribution in [1.29, 1.82) is 0 Å². The number of methoxy groups -OCH3 is 1. The summed E-state index contributed by atoms with van der Waals surface area (Å²) in [6.45, 7) is 3.57. The molecule has 0 saturated heterocycles. The molecule has 0 unspecified atom stereocenters. The summed E-state index contributed by atoms with van der Waals surface area (Å²) >= 11 is 0. The van der Waals surface area contributed by atoms with Crippen LogP contribution in [0.3, 0.4) is 0 Å². The standard InChI is InChI=1S/C12H19N5O/c1-10-8-17(11-7-14-16(2)9-11)12(15-10)13-5-4-6-18-3/h7-9H,4-6H2,1-3H3,(H,13,15). The van der Waals surface area contributed by atoms with Gasteiger partial charge in [0.2, 0.25) is 5.95 Å². The molecule has 0 amide bonds. The summed E-state index contributed by atoms with van der Waals surface area (Å²) in [5.74, 6) is 0.844. The van der Waals surface area contributed by atoms with Gasteiger partial charge in [-0.3, -0.25) is 9.25 Å². The Bertz CT molecular complexity index is 502. The number of rotatable bonds is 6. The highest BCUT2D eigenvalue weighted by Crippen LogP contribution is 2.15. The molecule has 6 heteroatoms. The molecule has 2 heterocycles.